The molecule has 0 aliphatic rings. The fourth-order valence-corrected chi connectivity index (χ4v) is 5.59. The van der Waals surface area contributed by atoms with E-state index in [4.69, 9.17) is 4.65 Å². The highest BCUT2D eigenvalue weighted by Gasteiger charge is 2.47. The Morgan fingerprint density at radius 3 is 1.75 bits per heavy atom. The SMILES string of the molecule is CCB(OC)C(CC)(CC)C(C)[Si](C)(C)C. The fraction of sp³-hybridized carbons (Fsp3) is 1.00. The van der Waals surface area contributed by atoms with Crippen molar-refractivity contribution in [3.8, 4) is 0 Å². The molecule has 0 fully saturated rings. The van der Waals surface area contributed by atoms with Gasteiger partial charge in [-0.1, -0.05) is 60.2 Å². The Morgan fingerprint density at radius 2 is 1.56 bits per heavy atom. The van der Waals surface area contributed by atoms with Gasteiger partial charge in [0, 0.05) is 15.2 Å². The zero-order chi connectivity index (χ0) is 13.0. The van der Waals surface area contributed by atoms with Crippen LogP contribution >= 0.6 is 0 Å². The van der Waals surface area contributed by atoms with Crippen LogP contribution in [-0.2, 0) is 4.65 Å². The predicted molar refractivity (Wildman–Crippen MR) is 79.3 cm³/mol. The molecule has 1 nitrogen and oxygen atoms in total. The van der Waals surface area contributed by atoms with Crippen LogP contribution in [0.5, 0.6) is 0 Å². The minimum atomic E-state index is -1.11. The Kier molecular flexibility index (Phi) is 6.34. The van der Waals surface area contributed by atoms with Crippen LogP contribution in [0.15, 0.2) is 0 Å². The van der Waals surface area contributed by atoms with Gasteiger partial charge in [0.05, 0.1) is 0 Å². The Morgan fingerprint density at radius 1 is 1.12 bits per heavy atom. The molecule has 0 aromatic rings. The van der Waals surface area contributed by atoms with Crippen molar-refractivity contribution in [2.24, 2.45) is 0 Å². The lowest BCUT2D eigenvalue weighted by Gasteiger charge is -2.46. The summed E-state index contributed by atoms with van der Waals surface area (Å²) in [5.41, 5.74) is 0.805. The standard InChI is InChI=1S/C13H31BOSi/c1-9-13(10-2,14(11-3)15-5)12(4)16(6,7)8/h12H,9-11H2,1-8H3. The minimum absolute atomic E-state index is 0.383. The third-order valence-corrected chi connectivity index (χ3v) is 7.95. The van der Waals surface area contributed by atoms with Crippen molar-refractivity contribution < 1.29 is 4.65 Å². The van der Waals surface area contributed by atoms with Gasteiger partial charge in [0.2, 0.25) is 0 Å². The summed E-state index contributed by atoms with van der Waals surface area (Å²) in [5.74, 6) is 0. The second kappa shape index (κ2) is 6.25. The quantitative estimate of drug-likeness (QED) is 0.575. The van der Waals surface area contributed by atoms with Gasteiger partial charge in [0.15, 0.2) is 0 Å². The Balaban J connectivity index is 5.23. The molecule has 1 atom stereocenters. The third-order valence-electron chi connectivity index (χ3n) is 4.77. The lowest BCUT2D eigenvalue weighted by atomic mass is 9.40. The predicted octanol–water partition coefficient (Wildman–Crippen LogP) is 4.93. The first kappa shape index (κ1) is 16.2. The molecule has 0 saturated carbocycles. The van der Waals surface area contributed by atoms with Crippen LogP contribution in [0.1, 0.15) is 40.5 Å². The van der Waals surface area contributed by atoms with Crippen molar-refractivity contribution in [3.05, 3.63) is 0 Å². The van der Waals surface area contributed by atoms with Gasteiger partial charge >= 0.3 is 0 Å². The maximum atomic E-state index is 5.79. The maximum Gasteiger partial charge on any atom is 0.298 e. The van der Waals surface area contributed by atoms with E-state index in [1.54, 1.807) is 0 Å². The van der Waals surface area contributed by atoms with E-state index < -0.39 is 8.07 Å². The van der Waals surface area contributed by atoms with Crippen LogP contribution < -0.4 is 0 Å². The van der Waals surface area contributed by atoms with E-state index in [1.807, 2.05) is 7.11 Å². The zero-order valence-corrected chi connectivity index (χ0v) is 13.7. The van der Waals surface area contributed by atoms with Gasteiger partial charge in [-0.15, -0.1) is 0 Å². The van der Waals surface area contributed by atoms with E-state index in [1.165, 1.54) is 12.8 Å². The van der Waals surface area contributed by atoms with E-state index in [0.29, 0.717) is 12.2 Å². The number of rotatable bonds is 7. The monoisotopic (exact) mass is 242 g/mol. The third kappa shape index (κ3) is 3.13. The Hall–Kier alpha value is 0.242. The summed E-state index contributed by atoms with van der Waals surface area (Å²) in [4.78, 5) is 0. The molecule has 0 rings (SSSR count). The molecular formula is C13H31BOSi. The molecule has 16 heavy (non-hydrogen) atoms. The van der Waals surface area contributed by atoms with Crippen LogP contribution in [0.25, 0.3) is 0 Å². The average Bonchev–Trinajstić information content (AvgIpc) is 2.24. The molecule has 0 N–H and O–H groups in total. The van der Waals surface area contributed by atoms with Gasteiger partial charge in [-0.3, -0.25) is 0 Å². The molecule has 0 aromatic carbocycles. The van der Waals surface area contributed by atoms with E-state index in [2.05, 4.69) is 47.3 Å². The first-order chi connectivity index (χ1) is 7.30. The smallest absolute Gasteiger partial charge is 0.298 e. The van der Waals surface area contributed by atoms with Crippen LogP contribution in [0, 0.1) is 0 Å². The zero-order valence-electron chi connectivity index (χ0n) is 12.7. The van der Waals surface area contributed by atoms with Crippen molar-refractivity contribution in [1.29, 1.82) is 0 Å². The molecule has 0 amide bonds. The molecular weight excluding hydrogens is 211 g/mol. The number of hydrogen-bond donors (Lipinski definition) is 0. The van der Waals surface area contributed by atoms with Crippen molar-refractivity contribution in [1.82, 2.24) is 0 Å². The Bertz CT molecular complexity index is 193. The second-order valence-electron chi connectivity index (χ2n) is 6.16. The summed E-state index contributed by atoms with van der Waals surface area (Å²) < 4.78 is 5.79. The molecule has 0 aromatic heterocycles. The molecule has 0 spiro atoms. The lowest BCUT2D eigenvalue weighted by Crippen LogP contribution is -2.44. The van der Waals surface area contributed by atoms with E-state index in [9.17, 15) is 0 Å². The molecule has 0 bridgehead atoms. The molecule has 1 unspecified atom stereocenters. The van der Waals surface area contributed by atoms with Crippen LogP contribution in [0.3, 0.4) is 0 Å². The van der Waals surface area contributed by atoms with Gasteiger partial charge < -0.3 is 4.65 Å². The summed E-state index contributed by atoms with van der Waals surface area (Å²) in [6.45, 7) is 17.3. The molecule has 0 aliphatic heterocycles. The van der Waals surface area contributed by atoms with Crippen molar-refractivity contribution in [2.45, 2.75) is 77.4 Å². The van der Waals surface area contributed by atoms with Gasteiger partial charge in [-0.2, -0.15) is 0 Å². The normalized spacial score (nSPS) is 15.0. The topological polar surface area (TPSA) is 9.23 Å². The van der Waals surface area contributed by atoms with E-state index in [0.717, 1.165) is 11.9 Å². The summed E-state index contributed by atoms with van der Waals surface area (Å²) in [6, 6.07) is 0. The van der Waals surface area contributed by atoms with E-state index >= 15 is 0 Å². The van der Waals surface area contributed by atoms with Gasteiger partial charge in [-0.05, 0) is 17.2 Å². The summed E-state index contributed by atoms with van der Waals surface area (Å²) in [7, 11) is 0.767. The number of hydrogen-bond acceptors (Lipinski definition) is 1. The second-order valence-corrected chi connectivity index (χ2v) is 11.8. The highest BCUT2D eigenvalue weighted by atomic mass is 28.3. The fourth-order valence-electron chi connectivity index (χ4n) is 3.27. The highest BCUT2D eigenvalue weighted by molar-refractivity contribution is 6.79. The molecule has 96 valence electrons. The van der Waals surface area contributed by atoms with Crippen molar-refractivity contribution >= 4 is 15.0 Å². The summed E-state index contributed by atoms with van der Waals surface area (Å²) in [6.07, 6.45) is 3.61. The summed E-state index contributed by atoms with van der Waals surface area (Å²) >= 11 is 0. The van der Waals surface area contributed by atoms with E-state index in [-0.39, 0.29) is 0 Å². The molecule has 0 radical (unpaired) electrons. The largest absolute Gasteiger partial charge is 0.438 e. The highest BCUT2D eigenvalue weighted by Crippen LogP contribution is 2.54. The van der Waals surface area contributed by atoms with Gasteiger partial charge in [0.1, 0.15) is 0 Å². The molecule has 0 saturated heterocycles. The molecule has 0 heterocycles. The first-order valence-electron chi connectivity index (χ1n) is 6.82. The maximum absolute atomic E-state index is 5.79. The first-order valence-corrected chi connectivity index (χ1v) is 10.4. The van der Waals surface area contributed by atoms with Crippen LogP contribution in [0.4, 0.5) is 0 Å². The average molecular weight is 242 g/mol. The van der Waals surface area contributed by atoms with Gasteiger partial charge in [-0.25, -0.2) is 0 Å². The lowest BCUT2D eigenvalue weighted by molar-refractivity contribution is 0.346. The Labute approximate surface area is 104 Å². The van der Waals surface area contributed by atoms with Crippen LogP contribution in [0.2, 0.25) is 36.8 Å². The molecule has 0 aliphatic carbocycles. The minimum Gasteiger partial charge on any atom is -0.438 e. The van der Waals surface area contributed by atoms with Crippen molar-refractivity contribution in [3.63, 3.8) is 0 Å². The van der Waals surface area contributed by atoms with Crippen LogP contribution in [-0.4, -0.2) is 22.1 Å². The van der Waals surface area contributed by atoms with Gasteiger partial charge in [0.25, 0.3) is 6.92 Å². The summed E-state index contributed by atoms with van der Waals surface area (Å²) in [5, 5.41) is 0.383. The van der Waals surface area contributed by atoms with Crippen molar-refractivity contribution in [2.75, 3.05) is 7.11 Å². The molecule has 3 heteroatoms.